The molecule has 1 aliphatic heterocycles. The van der Waals surface area contributed by atoms with Gasteiger partial charge in [-0.2, -0.15) is 5.10 Å². The maximum atomic E-state index is 12.7. The van der Waals surface area contributed by atoms with Crippen molar-refractivity contribution in [2.75, 3.05) is 31.1 Å². The Morgan fingerprint density at radius 2 is 2.10 bits per heavy atom. The Bertz CT molecular complexity index is 1010. The van der Waals surface area contributed by atoms with E-state index < -0.39 is 0 Å². The van der Waals surface area contributed by atoms with Crippen molar-refractivity contribution in [3.05, 3.63) is 34.9 Å². The first-order valence-corrected chi connectivity index (χ1v) is 11.4. The van der Waals surface area contributed by atoms with Crippen molar-refractivity contribution in [2.45, 2.75) is 38.8 Å². The number of rotatable bonds is 7. The fourth-order valence-electron chi connectivity index (χ4n) is 3.79. The summed E-state index contributed by atoms with van der Waals surface area (Å²) in [6.07, 6.45) is 7.39. The van der Waals surface area contributed by atoms with Crippen LogP contribution in [0.15, 0.2) is 30.0 Å². The van der Waals surface area contributed by atoms with Gasteiger partial charge in [0.2, 0.25) is 0 Å². The molecule has 0 aromatic carbocycles. The van der Waals surface area contributed by atoms with Crippen LogP contribution >= 0.6 is 11.3 Å². The van der Waals surface area contributed by atoms with Gasteiger partial charge in [0, 0.05) is 43.8 Å². The van der Waals surface area contributed by atoms with Crippen LogP contribution in [0.1, 0.15) is 36.4 Å². The van der Waals surface area contributed by atoms with E-state index in [2.05, 4.69) is 25.6 Å². The number of fused-ring (bicyclic) bond motifs is 1. The monoisotopic (exact) mass is 427 g/mol. The minimum absolute atomic E-state index is 0.0184. The number of aromatic nitrogens is 3. The molecule has 0 radical (unpaired) electrons. The lowest BCUT2D eigenvalue weighted by Gasteiger charge is -2.28. The van der Waals surface area contributed by atoms with Crippen LogP contribution in [-0.2, 0) is 0 Å². The van der Waals surface area contributed by atoms with Gasteiger partial charge in [-0.25, -0.2) is 9.50 Å². The SMILES string of the molecule is CCC(N)C(CC)NC(=O)c1cc(-c2cnn3cc(N4CCNCC4)cnc23)cs1. The number of nitrogens with zero attached hydrogens (tertiary/aromatic N) is 4. The number of hydrogen-bond donors (Lipinski definition) is 3. The molecule has 4 N–H and O–H groups in total. The molecule has 0 bridgehead atoms. The van der Waals surface area contributed by atoms with Gasteiger partial charge in [0.1, 0.15) is 0 Å². The van der Waals surface area contributed by atoms with E-state index in [0.29, 0.717) is 4.88 Å². The van der Waals surface area contributed by atoms with E-state index >= 15 is 0 Å². The Morgan fingerprint density at radius 1 is 1.30 bits per heavy atom. The Labute approximate surface area is 180 Å². The molecule has 3 aromatic rings. The molecule has 0 saturated carbocycles. The number of carbonyl (C=O) groups is 1. The summed E-state index contributed by atoms with van der Waals surface area (Å²) >= 11 is 1.43. The highest BCUT2D eigenvalue weighted by molar-refractivity contribution is 7.12. The first-order chi connectivity index (χ1) is 14.6. The quantitative estimate of drug-likeness (QED) is 0.534. The molecule has 1 fully saturated rings. The molecule has 2 unspecified atom stereocenters. The van der Waals surface area contributed by atoms with Gasteiger partial charge in [-0.15, -0.1) is 11.3 Å². The molecule has 3 aromatic heterocycles. The zero-order valence-corrected chi connectivity index (χ0v) is 18.3. The molecule has 0 spiro atoms. The molecular formula is C21H29N7OS. The van der Waals surface area contributed by atoms with Gasteiger partial charge < -0.3 is 21.3 Å². The van der Waals surface area contributed by atoms with Gasteiger partial charge in [0.25, 0.3) is 5.91 Å². The molecule has 0 aliphatic carbocycles. The second kappa shape index (κ2) is 9.11. The number of carbonyl (C=O) groups excluding carboxylic acids is 1. The Kier molecular flexibility index (Phi) is 6.31. The molecule has 160 valence electrons. The van der Waals surface area contributed by atoms with Crippen LogP contribution in [-0.4, -0.2) is 58.8 Å². The molecule has 30 heavy (non-hydrogen) atoms. The average Bonchev–Trinajstić information content (AvgIpc) is 3.44. The number of nitrogens with two attached hydrogens (primary N) is 1. The van der Waals surface area contributed by atoms with Crippen LogP contribution in [0.4, 0.5) is 5.69 Å². The molecule has 1 amide bonds. The molecule has 4 rings (SSSR count). The van der Waals surface area contributed by atoms with E-state index in [0.717, 1.165) is 61.5 Å². The van der Waals surface area contributed by atoms with Crippen LogP contribution in [0.3, 0.4) is 0 Å². The van der Waals surface area contributed by atoms with Crippen LogP contribution < -0.4 is 21.3 Å². The maximum Gasteiger partial charge on any atom is 0.261 e. The van der Waals surface area contributed by atoms with E-state index in [-0.39, 0.29) is 18.0 Å². The molecule has 9 heteroatoms. The first-order valence-electron chi connectivity index (χ1n) is 10.5. The van der Waals surface area contributed by atoms with Crippen molar-refractivity contribution in [1.29, 1.82) is 0 Å². The number of piperazine rings is 1. The van der Waals surface area contributed by atoms with Gasteiger partial charge in [0.15, 0.2) is 5.65 Å². The highest BCUT2D eigenvalue weighted by atomic mass is 32.1. The van der Waals surface area contributed by atoms with E-state index in [9.17, 15) is 4.79 Å². The smallest absolute Gasteiger partial charge is 0.261 e. The van der Waals surface area contributed by atoms with Crippen molar-refractivity contribution in [2.24, 2.45) is 5.73 Å². The minimum atomic E-state index is -0.0765. The fraction of sp³-hybridized carbons (Fsp3) is 0.476. The lowest BCUT2D eigenvalue weighted by Crippen LogP contribution is -2.46. The Hall–Kier alpha value is -2.49. The third-order valence-electron chi connectivity index (χ3n) is 5.70. The summed E-state index contributed by atoms with van der Waals surface area (Å²) in [6.45, 7) is 7.96. The Morgan fingerprint density at radius 3 is 2.83 bits per heavy atom. The summed E-state index contributed by atoms with van der Waals surface area (Å²) in [6, 6.07) is 1.86. The predicted octanol–water partition coefficient (Wildman–Crippen LogP) is 2.11. The summed E-state index contributed by atoms with van der Waals surface area (Å²) in [4.78, 5) is 20.3. The summed E-state index contributed by atoms with van der Waals surface area (Å²) in [5.41, 5.74) is 9.87. The third-order valence-corrected chi connectivity index (χ3v) is 6.63. The molecule has 8 nitrogen and oxygen atoms in total. The summed E-state index contributed by atoms with van der Waals surface area (Å²) in [7, 11) is 0. The lowest BCUT2D eigenvalue weighted by atomic mass is 10.0. The maximum absolute atomic E-state index is 12.7. The second-order valence-electron chi connectivity index (χ2n) is 7.64. The standard InChI is InChI=1S/C21H29N7OS/c1-3-17(22)18(4-2)26-21(29)19-9-14(13-30-19)16-11-25-28-12-15(10-24-20(16)28)27-7-5-23-6-8-27/h9-13,17-18,23H,3-8,22H2,1-2H3,(H,26,29). The van der Waals surface area contributed by atoms with Crippen LogP contribution in [0.2, 0.25) is 0 Å². The number of nitrogens with one attached hydrogen (secondary N) is 2. The van der Waals surface area contributed by atoms with Gasteiger partial charge in [-0.1, -0.05) is 13.8 Å². The topological polar surface area (TPSA) is 101 Å². The summed E-state index contributed by atoms with van der Waals surface area (Å²) in [5, 5.41) is 12.9. The highest BCUT2D eigenvalue weighted by Gasteiger charge is 2.20. The predicted molar refractivity (Wildman–Crippen MR) is 121 cm³/mol. The van der Waals surface area contributed by atoms with Crippen molar-refractivity contribution >= 4 is 28.6 Å². The molecular weight excluding hydrogens is 398 g/mol. The van der Waals surface area contributed by atoms with E-state index in [1.54, 1.807) is 0 Å². The lowest BCUT2D eigenvalue weighted by molar-refractivity contribution is 0.0933. The summed E-state index contributed by atoms with van der Waals surface area (Å²) in [5.74, 6) is -0.0765. The third kappa shape index (κ3) is 4.19. The van der Waals surface area contributed by atoms with Crippen LogP contribution in [0.25, 0.3) is 16.8 Å². The number of anilines is 1. The van der Waals surface area contributed by atoms with E-state index in [1.165, 1.54) is 11.3 Å². The zero-order valence-electron chi connectivity index (χ0n) is 17.5. The second-order valence-corrected chi connectivity index (χ2v) is 8.55. The van der Waals surface area contributed by atoms with Crippen LogP contribution in [0.5, 0.6) is 0 Å². The van der Waals surface area contributed by atoms with Gasteiger partial charge >= 0.3 is 0 Å². The van der Waals surface area contributed by atoms with Gasteiger partial charge in [0.05, 0.1) is 29.2 Å². The van der Waals surface area contributed by atoms with Crippen molar-refractivity contribution in [1.82, 2.24) is 25.2 Å². The number of amides is 1. The summed E-state index contributed by atoms with van der Waals surface area (Å²) < 4.78 is 1.82. The van der Waals surface area contributed by atoms with Gasteiger partial charge in [-0.05, 0) is 29.9 Å². The van der Waals surface area contributed by atoms with E-state index in [1.807, 2.05) is 48.4 Å². The van der Waals surface area contributed by atoms with Crippen molar-refractivity contribution in [3.8, 4) is 11.1 Å². The first kappa shape index (κ1) is 20.8. The average molecular weight is 428 g/mol. The minimum Gasteiger partial charge on any atom is -0.366 e. The normalized spacial score (nSPS) is 16.6. The fourth-order valence-corrected chi connectivity index (χ4v) is 4.60. The highest BCUT2D eigenvalue weighted by Crippen LogP contribution is 2.29. The van der Waals surface area contributed by atoms with Gasteiger partial charge in [-0.3, -0.25) is 4.79 Å². The molecule has 1 aliphatic rings. The largest absolute Gasteiger partial charge is 0.366 e. The zero-order chi connectivity index (χ0) is 21.1. The Balaban J connectivity index is 1.53. The molecule has 1 saturated heterocycles. The molecule has 4 heterocycles. The number of hydrogen-bond acceptors (Lipinski definition) is 7. The van der Waals surface area contributed by atoms with Crippen molar-refractivity contribution in [3.63, 3.8) is 0 Å². The van der Waals surface area contributed by atoms with Crippen molar-refractivity contribution < 1.29 is 4.79 Å². The van der Waals surface area contributed by atoms with E-state index in [4.69, 9.17) is 5.73 Å². The van der Waals surface area contributed by atoms with Crippen LogP contribution in [0, 0.1) is 0 Å². The molecule has 2 atom stereocenters. The number of thiophene rings is 1.